The van der Waals surface area contributed by atoms with Crippen LogP contribution in [0.3, 0.4) is 0 Å². The fourth-order valence-electron chi connectivity index (χ4n) is 2.84. The van der Waals surface area contributed by atoms with E-state index in [-0.39, 0.29) is 12.4 Å². The summed E-state index contributed by atoms with van der Waals surface area (Å²) in [5.41, 5.74) is 7.44. The number of nitrogens with two attached hydrogens (primary N) is 1. The summed E-state index contributed by atoms with van der Waals surface area (Å²) in [6.07, 6.45) is 3.80. The molecule has 118 valence electrons. The van der Waals surface area contributed by atoms with Crippen molar-refractivity contribution >= 4 is 12.4 Å². The van der Waals surface area contributed by atoms with Crippen molar-refractivity contribution in [3.05, 3.63) is 29.8 Å². The van der Waals surface area contributed by atoms with Crippen LogP contribution in [0.4, 0.5) is 0 Å². The van der Waals surface area contributed by atoms with Crippen LogP contribution in [0, 0.1) is 11.8 Å². The van der Waals surface area contributed by atoms with Crippen LogP contribution < -0.4 is 10.5 Å². The fraction of sp³-hybridized carbons (Fsp3) is 0.647. The van der Waals surface area contributed by atoms with E-state index >= 15 is 0 Å². The van der Waals surface area contributed by atoms with Gasteiger partial charge in [-0.1, -0.05) is 19.1 Å². The second kappa shape index (κ2) is 7.48. The van der Waals surface area contributed by atoms with Gasteiger partial charge in [0.15, 0.2) is 0 Å². The Hall–Kier alpha value is -0.770. The predicted molar refractivity (Wildman–Crippen MR) is 88.9 cm³/mol. The van der Waals surface area contributed by atoms with Gasteiger partial charge >= 0.3 is 0 Å². The standard InChI is InChI=1S/C17H26N2O.ClH/c1-13-10-19(9-8-17(13)18)11-14-4-6-16(7-5-14)20-12-15-2-3-15;/h4-7,13,15,17H,2-3,8-12,18H2,1H3;1H. The van der Waals surface area contributed by atoms with Crippen LogP contribution in [0.1, 0.15) is 31.7 Å². The minimum Gasteiger partial charge on any atom is -0.493 e. The molecule has 1 aromatic carbocycles. The first-order chi connectivity index (χ1) is 9.70. The van der Waals surface area contributed by atoms with E-state index in [2.05, 4.69) is 36.1 Å². The second-order valence-corrected chi connectivity index (χ2v) is 6.56. The highest BCUT2D eigenvalue weighted by Crippen LogP contribution is 2.29. The van der Waals surface area contributed by atoms with Gasteiger partial charge < -0.3 is 10.5 Å². The van der Waals surface area contributed by atoms with Gasteiger partial charge in [-0.05, 0) is 55.3 Å². The molecule has 4 heteroatoms. The van der Waals surface area contributed by atoms with E-state index in [0.29, 0.717) is 12.0 Å². The fourth-order valence-corrected chi connectivity index (χ4v) is 2.84. The van der Waals surface area contributed by atoms with E-state index in [4.69, 9.17) is 10.5 Å². The number of hydrogen-bond donors (Lipinski definition) is 1. The lowest BCUT2D eigenvalue weighted by atomic mass is 9.94. The highest BCUT2D eigenvalue weighted by atomic mass is 35.5. The lowest BCUT2D eigenvalue weighted by Crippen LogP contribution is -2.45. The van der Waals surface area contributed by atoms with E-state index in [0.717, 1.165) is 44.3 Å². The van der Waals surface area contributed by atoms with Gasteiger partial charge in [0, 0.05) is 19.1 Å². The number of benzene rings is 1. The molecule has 3 rings (SSSR count). The Morgan fingerprint density at radius 3 is 2.52 bits per heavy atom. The van der Waals surface area contributed by atoms with Gasteiger partial charge in [0.25, 0.3) is 0 Å². The van der Waals surface area contributed by atoms with Crippen molar-refractivity contribution in [2.75, 3.05) is 19.7 Å². The van der Waals surface area contributed by atoms with E-state index < -0.39 is 0 Å². The van der Waals surface area contributed by atoms with E-state index in [1.54, 1.807) is 0 Å². The molecule has 0 spiro atoms. The van der Waals surface area contributed by atoms with Crippen molar-refractivity contribution in [3.63, 3.8) is 0 Å². The molecule has 2 fully saturated rings. The Balaban J connectivity index is 0.00000161. The number of piperidine rings is 1. The third kappa shape index (κ3) is 4.87. The predicted octanol–water partition coefficient (Wildman–Crippen LogP) is 3.07. The van der Waals surface area contributed by atoms with Crippen molar-refractivity contribution in [2.45, 2.75) is 38.8 Å². The van der Waals surface area contributed by atoms with Gasteiger partial charge in [0.1, 0.15) is 5.75 Å². The van der Waals surface area contributed by atoms with Gasteiger partial charge in [0.2, 0.25) is 0 Å². The van der Waals surface area contributed by atoms with Crippen molar-refractivity contribution < 1.29 is 4.74 Å². The van der Waals surface area contributed by atoms with E-state index in [1.165, 1.54) is 18.4 Å². The summed E-state index contributed by atoms with van der Waals surface area (Å²) in [4.78, 5) is 2.51. The van der Waals surface area contributed by atoms with Crippen LogP contribution in [-0.4, -0.2) is 30.6 Å². The van der Waals surface area contributed by atoms with Crippen LogP contribution >= 0.6 is 12.4 Å². The number of halogens is 1. The summed E-state index contributed by atoms with van der Waals surface area (Å²) in [7, 11) is 0. The molecule has 1 saturated carbocycles. The molecule has 0 amide bonds. The number of rotatable bonds is 5. The Morgan fingerprint density at radius 2 is 1.90 bits per heavy atom. The maximum Gasteiger partial charge on any atom is 0.119 e. The SMILES string of the molecule is CC1CN(Cc2ccc(OCC3CC3)cc2)CCC1N.Cl. The van der Waals surface area contributed by atoms with E-state index in [9.17, 15) is 0 Å². The Morgan fingerprint density at radius 1 is 1.19 bits per heavy atom. The first-order valence-corrected chi connectivity index (χ1v) is 7.90. The Kier molecular flexibility index (Phi) is 5.91. The molecule has 1 heterocycles. The number of likely N-dealkylation sites (tertiary alicyclic amines) is 1. The largest absolute Gasteiger partial charge is 0.493 e. The molecule has 1 saturated heterocycles. The molecular weight excluding hydrogens is 284 g/mol. The molecule has 1 aliphatic heterocycles. The summed E-state index contributed by atoms with van der Waals surface area (Å²) in [6.45, 7) is 6.40. The zero-order chi connectivity index (χ0) is 13.9. The Bertz CT molecular complexity index is 433. The third-order valence-electron chi connectivity index (χ3n) is 4.57. The van der Waals surface area contributed by atoms with Crippen LogP contribution in [-0.2, 0) is 6.54 Å². The highest BCUT2D eigenvalue weighted by Gasteiger charge is 2.23. The van der Waals surface area contributed by atoms with Crippen molar-refractivity contribution in [1.29, 1.82) is 0 Å². The second-order valence-electron chi connectivity index (χ2n) is 6.56. The molecule has 2 aliphatic rings. The van der Waals surface area contributed by atoms with Gasteiger partial charge in [0.05, 0.1) is 6.61 Å². The molecule has 2 unspecified atom stereocenters. The lowest BCUT2D eigenvalue weighted by Gasteiger charge is -2.35. The lowest BCUT2D eigenvalue weighted by molar-refractivity contribution is 0.158. The topological polar surface area (TPSA) is 38.5 Å². The van der Waals surface area contributed by atoms with Crippen molar-refractivity contribution in [3.8, 4) is 5.75 Å². The van der Waals surface area contributed by atoms with Gasteiger partial charge in [-0.25, -0.2) is 0 Å². The van der Waals surface area contributed by atoms with Gasteiger partial charge in [-0.2, -0.15) is 0 Å². The molecule has 2 N–H and O–H groups in total. The molecule has 1 aromatic rings. The maximum atomic E-state index is 6.07. The molecule has 1 aliphatic carbocycles. The van der Waals surface area contributed by atoms with Gasteiger partial charge in [-0.15, -0.1) is 12.4 Å². The first-order valence-electron chi connectivity index (χ1n) is 7.90. The minimum atomic E-state index is 0. The summed E-state index contributed by atoms with van der Waals surface area (Å²) in [6, 6.07) is 8.99. The van der Waals surface area contributed by atoms with Gasteiger partial charge in [-0.3, -0.25) is 4.90 Å². The molecule has 0 aromatic heterocycles. The summed E-state index contributed by atoms with van der Waals surface area (Å²) in [5.74, 6) is 2.42. The molecule has 2 atom stereocenters. The zero-order valence-corrected chi connectivity index (χ0v) is 13.6. The summed E-state index contributed by atoms with van der Waals surface area (Å²) >= 11 is 0. The average molecular weight is 311 g/mol. The Labute approximate surface area is 134 Å². The quantitative estimate of drug-likeness (QED) is 0.908. The molecular formula is C17H27ClN2O. The van der Waals surface area contributed by atoms with Crippen LogP contribution in [0.15, 0.2) is 24.3 Å². The van der Waals surface area contributed by atoms with Crippen molar-refractivity contribution in [2.24, 2.45) is 17.6 Å². The molecule has 0 bridgehead atoms. The number of nitrogens with zero attached hydrogens (tertiary/aromatic N) is 1. The highest BCUT2D eigenvalue weighted by molar-refractivity contribution is 5.85. The summed E-state index contributed by atoms with van der Waals surface area (Å²) < 4.78 is 5.78. The van der Waals surface area contributed by atoms with Crippen LogP contribution in [0.5, 0.6) is 5.75 Å². The number of hydrogen-bond acceptors (Lipinski definition) is 3. The van der Waals surface area contributed by atoms with E-state index in [1.807, 2.05) is 0 Å². The first kappa shape index (κ1) is 16.6. The third-order valence-corrected chi connectivity index (χ3v) is 4.57. The normalized spacial score (nSPS) is 26.2. The van der Waals surface area contributed by atoms with Crippen LogP contribution in [0.25, 0.3) is 0 Å². The number of ether oxygens (including phenoxy) is 1. The maximum absolute atomic E-state index is 6.07. The molecule has 21 heavy (non-hydrogen) atoms. The summed E-state index contributed by atoms with van der Waals surface area (Å²) in [5, 5.41) is 0. The zero-order valence-electron chi connectivity index (χ0n) is 12.8. The van der Waals surface area contributed by atoms with Crippen molar-refractivity contribution in [1.82, 2.24) is 4.90 Å². The molecule has 3 nitrogen and oxygen atoms in total. The average Bonchev–Trinajstić information content (AvgIpc) is 3.26. The molecule has 0 radical (unpaired) electrons. The van der Waals surface area contributed by atoms with Crippen LogP contribution in [0.2, 0.25) is 0 Å². The monoisotopic (exact) mass is 310 g/mol. The minimum absolute atomic E-state index is 0. The smallest absolute Gasteiger partial charge is 0.119 e.